The normalized spacial score (nSPS) is 11.6. The molecule has 1 aromatic carbocycles. The first-order valence-electron chi connectivity index (χ1n) is 4.90. The van der Waals surface area contributed by atoms with Crippen molar-refractivity contribution in [1.82, 2.24) is 5.32 Å². The SMILES string of the molecule is C[C@H](NC(=O)COc1ccccc1Cl)C(=O)O. The summed E-state index contributed by atoms with van der Waals surface area (Å²) in [6.07, 6.45) is 0. The fourth-order valence-corrected chi connectivity index (χ4v) is 1.24. The molecule has 6 heteroatoms. The first-order chi connectivity index (χ1) is 8.00. The van der Waals surface area contributed by atoms with Gasteiger partial charge in [-0.1, -0.05) is 23.7 Å². The molecular weight excluding hydrogens is 246 g/mol. The van der Waals surface area contributed by atoms with Gasteiger partial charge in [-0.3, -0.25) is 9.59 Å². The maximum atomic E-state index is 11.3. The number of amides is 1. The number of ether oxygens (including phenoxy) is 1. The second-order valence-corrected chi connectivity index (χ2v) is 3.75. The third-order valence-electron chi connectivity index (χ3n) is 1.94. The average Bonchev–Trinajstić information content (AvgIpc) is 2.27. The van der Waals surface area contributed by atoms with E-state index in [1.54, 1.807) is 24.3 Å². The molecule has 0 saturated carbocycles. The third kappa shape index (κ3) is 4.32. The predicted molar refractivity (Wildman–Crippen MR) is 62.2 cm³/mol. The average molecular weight is 258 g/mol. The van der Waals surface area contributed by atoms with E-state index in [1.807, 2.05) is 0 Å². The lowest BCUT2D eigenvalue weighted by molar-refractivity contribution is -0.141. The lowest BCUT2D eigenvalue weighted by Crippen LogP contribution is -2.40. The number of benzene rings is 1. The van der Waals surface area contributed by atoms with E-state index < -0.39 is 17.9 Å². The Hall–Kier alpha value is -1.75. The molecule has 0 saturated heterocycles. The lowest BCUT2D eigenvalue weighted by atomic mass is 10.3. The number of carbonyl (C=O) groups excluding carboxylic acids is 1. The van der Waals surface area contributed by atoms with Gasteiger partial charge >= 0.3 is 5.97 Å². The minimum Gasteiger partial charge on any atom is -0.482 e. The first kappa shape index (κ1) is 13.3. The maximum Gasteiger partial charge on any atom is 0.325 e. The van der Waals surface area contributed by atoms with Gasteiger partial charge in [-0.25, -0.2) is 0 Å². The number of nitrogens with one attached hydrogen (secondary N) is 1. The minimum atomic E-state index is -1.10. The van der Waals surface area contributed by atoms with Gasteiger partial charge in [0.15, 0.2) is 6.61 Å². The van der Waals surface area contributed by atoms with Crippen LogP contribution < -0.4 is 10.1 Å². The minimum absolute atomic E-state index is 0.276. The zero-order valence-electron chi connectivity index (χ0n) is 9.14. The molecule has 0 radical (unpaired) electrons. The summed E-state index contributed by atoms with van der Waals surface area (Å²) in [5, 5.41) is 11.2. The second-order valence-electron chi connectivity index (χ2n) is 3.35. The fourth-order valence-electron chi connectivity index (χ4n) is 1.05. The molecule has 0 bridgehead atoms. The Morgan fingerprint density at radius 3 is 2.71 bits per heavy atom. The number of carbonyl (C=O) groups is 2. The molecular formula is C11H12ClNO4. The lowest BCUT2D eigenvalue weighted by Gasteiger charge is -2.10. The van der Waals surface area contributed by atoms with Crippen LogP contribution in [-0.4, -0.2) is 29.6 Å². The summed E-state index contributed by atoms with van der Waals surface area (Å²) >= 11 is 5.81. The molecule has 0 aromatic heterocycles. The van der Waals surface area contributed by atoms with Gasteiger partial charge < -0.3 is 15.2 Å². The molecule has 5 nitrogen and oxygen atoms in total. The summed E-state index contributed by atoms with van der Waals surface area (Å²) in [6, 6.07) is 5.77. The zero-order valence-corrected chi connectivity index (χ0v) is 9.90. The number of hydrogen-bond acceptors (Lipinski definition) is 3. The molecule has 17 heavy (non-hydrogen) atoms. The van der Waals surface area contributed by atoms with Crippen LogP contribution in [0.5, 0.6) is 5.75 Å². The molecule has 0 heterocycles. The van der Waals surface area contributed by atoms with Crippen LogP contribution in [0.3, 0.4) is 0 Å². The standard InChI is InChI=1S/C11H12ClNO4/c1-7(11(15)16)13-10(14)6-17-9-5-3-2-4-8(9)12/h2-5,7H,6H2,1H3,(H,13,14)(H,15,16)/t7-/m0/s1. The predicted octanol–water partition coefficient (Wildman–Crippen LogP) is 1.31. The maximum absolute atomic E-state index is 11.3. The molecule has 92 valence electrons. The number of para-hydroxylation sites is 1. The van der Waals surface area contributed by atoms with Gasteiger partial charge in [0.25, 0.3) is 5.91 Å². The van der Waals surface area contributed by atoms with E-state index >= 15 is 0 Å². The molecule has 1 rings (SSSR count). The smallest absolute Gasteiger partial charge is 0.325 e. The van der Waals surface area contributed by atoms with Crippen LogP contribution in [0.25, 0.3) is 0 Å². The number of carboxylic acid groups (broad SMARTS) is 1. The van der Waals surface area contributed by atoms with Gasteiger partial charge in [0.1, 0.15) is 11.8 Å². The highest BCUT2D eigenvalue weighted by Gasteiger charge is 2.14. The number of halogens is 1. The molecule has 0 unspecified atom stereocenters. The molecule has 0 aliphatic rings. The summed E-state index contributed by atoms with van der Waals surface area (Å²) in [5.41, 5.74) is 0. The Morgan fingerprint density at radius 2 is 2.12 bits per heavy atom. The highest BCUT2D eigenvalue weighted by Crippen LogP contribution is 2.22. The molecule has 0 aliphatic heterocycles. The van der Waals surface area contributed by atoms with Crippen molar-refractivity contribution in [2.45, 2.75) is 13.0 Å². The quantitative estimate of drug-likeness (QED) is 0.834. The van der Waals surface area contributed by atoms with Crippen molar-refractivity contribution in [1.29, 1.82) is 0 Å². The van der Waals surface area contributed by atoms with Crippen molar-refractivity contribution in [2.75, 3.05) is 6.61 Å². The van der Waals surface area contributed by atoms with Gasteiger partial charge in [-0.2, -0.15) is 0 Å². The highest BCUT2D eigenvalue weighted by molar-refractivity contribution is 6.32. The molecule has 1 aromatic rings. The van der Waals surface area contributed by atoms with Gasteiger partial charge in [-0.05, 0) is 19.1 Å². The van der Waals surface area contributed by atoms with Crippen LogP contribution in [0, 0.1) is 0 Å². The van der Waals surface area contributed by atoms with E-state index in [9.17, 15) is 9.59 Å². The van der Waals surface area contributed by atoms with Crippen LogP contribution in [0.1, 0.15) is 6.92 Å². The van der Waals surface area contributed by atoms with Crippen molar-refractivity contribution in [3.05, 3.63) is 29.3 Å². The summed E-state index contributed by atoms with van der Waals surface area (Å²) in [4.78, 5) is 21.8. The van der Waals surface area contributed by atoms with Crippen molar-refractivity contribution in [3.8, 4) is 5.75 Å². The highest BCUT2D eigenvalue weighted by atomic mass is 35.5. The summed E-state index contributed by atoms with van der Waals surface area (Å²) in [7, 11) is 0. The monoisotopic (exact) mass is 257 g/mol. The summed E-state index contributed by atoms with van der Waals surface area (Å²) in [6.45, 7) is 1.09. The number of aliphatic carboxylic acids is 1. The van der Waals surface area contributed by atoms with Gasteiger partial charge in [0.2, 0.25) is 0 Å². The Labute approximate surface area is 103 Å². The Morgan fingerprint density at radius 1 is 1.47 bits per heavy atom. The van der Waals surface area contributed by atoms with Gasteiger partial charge in [0.05, 0.1) is 5.02 Å². The number of rotatable bonds is 5. The zero-order chi connectivity index (χ0) is 12.8. The molecule has 2 N–H and O–H groups in total. The number of carboxylic acids is 1. The first-order valence-corrected chi connectivity index (χ1v) is 5.28. The van der Waals surface area contributed by atoms with Crippen LogP contribution in [0.2, 0.25) is 5.02 Å². The Kier molecular flexibility index (Phi) is 4.78. The van der Waals surface area contributed by atoms with Crippen molar-refractivity contribution in [2.24, 2.45) is 0 Å². The summed E-state index contributed by atoms with van der Waals surface area (Å²) in [5.74, 6) is -1.23. The molecule has 1 atom stereocenters. The second kappa shape index (κ2) is 6.10. The van der Waals surface area contributed by atoms with E-state index in [0.29, 0.717) is 10.8 Å². The van der Waals surface area contributed by atoms with Crippen LogP contribution >= 0.6 is 11.6 Å². The van der Waals surface area contributed by atoms with E-state index in [2.05, 4.69) is 5.32 Å². The Balaban J connectivity index is 2.44. The van der Waals surface area contributed by atoms with Gasteiger partial charge in [-0.15, -0.1) is 0 Å². The van der Waals surface area contributed by atoms with Crippen LogP contribution in [0.4, 0.5) is 0 Å². The topological polar surface area (TPSA) is 75.6 Å². The van der Waals surface area contributed by atoms with E-state index in [0.717, 1.165) is 0 Å². The third-order valence-corrected chi connectivity index (χ3v) is 2.26. The van der Waals surface area contributed by atoms with E-state index in [1.165, 1.54) is 6.92 Å². The van der Waals surface area contributed by atoms with Crippen LogP contribution in [0.15, 0.2) is 24.3 Å². The van der Waals surface area contributed by atoms with Gasteiger partial charge in [0, 0.05) is 0 Å². The van der Waals surface area contributed by atoms with Crippen molar-refractivity contribution >= 4 is 23.5 Å². The molecule has 1 amide bonds. The molecule has 0 fully saturated rings. The molecule has 0 aliphatic carbocycles. The van der Waals surface area contributed by atoms with E-state index in [-0.39, 0.29) is 6.61 Å². The summed E-state index contributed by atoms with van der Waals surface area (Å²) < 4.78 is 5.14. The van der Waals surface area contributed by atoms with Crippen LogP contribution in [-0.2, 0) is 9.59 Å². The largest absolute Gasteiger partial charge is 0.482 e. The Bertz CT molecular complexity index is 422. The van der Waals surface area contributed by atoms with Crippen molar-refractivity contribution < 1.29 is 19.4 Å². The van der Waals surface area contributed by atoms with Crippen molar-refractivity contribution in [3.63, 3.8) is 0 Å². The van der Waals surface area contributed by atoms with E-state index in [4.69, 9.17) is 21.4 Å². The molecule has 0 spiro atoms. The fraction of sp³-hybridized carbons (Fsp3) is 0.273. The number of hydrogen-bond donors (Lipinski definition) is 2.